The third-order valence-corrected chi connectivity index (χ3v) is 3.78. The molecule has 0 radical (unpaired) electrons. The van der Waals surface area contributed by atoms with Crippen LogP contribution in [0, 0.1) is 6.92 Å². The summed E-state index contributed by atoms with van der Waals surface area (Å²) in [5.74, 6) is 0.128. The van der Waals surface area contributed by atoms with Crippen molar-refractivity contribution in [3.05, 3.63) is 47.5 Å². The smallest absolute Gasteiger partial charge is 0.287 e. The molecule has 3 rings (SSSR count). The molecule has 0 bridgehead atoms. The fourth-order valence-corrected chi connectivity index (χ4v) is 2.57. The van der Waals surface area contributed by atoms with Crippen LogP contribution in [0.2, 0.25) is 0 Å². The van der Waals surface area contributed by atoms with Gasteiger partial charge in [-0.3, -0.25) is 9.48 Å². The van der Waals surface area contributed by atoms with Gasteiger partial charge in [0.1, 0.15) is 0 Å². The number of carbonyl (C=O) groups excluding carboxylic acids is 1. The van der Waals surface area contributed by atoms with E-state index in [2.05, 4.69) is 20.4 Å². The highest BCUT2D eigenvalue weighted by Crippen LogP contribution is 2.17. The fourth-order valence-electron chi connectivity index (χ4n) is 2.57. The molecule has 0 aliphatic carbocycles. The van der Waals surface area contributed by atoms with Gasteiger partial charge in [0.2, 0.25) is 0 Å². The Morgan fingerprint density at radius 2 is 2.23 bits per heavy atom. The third-order valence-electron chi connectivity index (χ3n) is 3.78. The number of nitrogens with zero attached hydrogens (tertiary/aromatic N) is 3. The monoisotopic (exact) mass is 297 g/mol. The van der Waals surface area contributed by atoms with Gasteiger partial charge in [-0.15, -0.1) is 0 Å². The molecule has 0 unspecified atom stereocenters. The molecule has 1 amide bonds. The lowest BCUT2D eigenvalue weighted by Crippen LogP contribution is -2.30. The third kappa shape index (κ3) is 2.59. The van der Waals surface area contributed by atoms with E-state index in [1.807, 2.05) is 45.2 Å². The van der Waals surface area contributed by atoms with Crippen molar-refractivity contribution in [2.45, 2.75) is 26.3 Å². The number of rotatable bonds is 4. The van der Waals surface area contributed by atoms with Crippen molar-refractivity contribution >= 4 is 16.9 Å². The first-order valence-corrected chi connectivity index (χ1v) is 7.33. The topological polar surface area (TPSA) is 75.6 Å². The molecule has 2 N–H and O–H groups in total. The number of carbonyl (C=O) groups is 1. The lowest BCUT2D eigenvalue weighted by atomic mass is 10.1. The Morgan fingerprint density at radius 3 is 2.91 bits per heavy atom. The second kappa shape index (κ2) is 5.63. The highest BCUT2D eigenvalue weighted by molar-refractivity contribution is 5.94. The van der Waals surface area contributed by atoms with Crippen molar-refractivity contribution in [1.82, 2.24) is 25.1 Å². The molecule has 0 aliphatic heterocycles. The molecule has 6 nitrogen and oxygen atoms in total. The zero-order valence-electron chi connectivity index (χ0n) is 12.9. The van der Waals surface area contributed by atoms with Crippen LogP contribution in [-0.4, -0.2) is 25.7 Å². The Balaban J connectivity index is 1.84. The van der Waals surface area contributed by atoms with Crippen LogP contribution in [-0.2, 0) is 7.05 Å². The van der Waals surface area contributed by atoms with Gasteiger partial charge in [-0.25, -0.2) is 4.98 Å². The summed E-state index contributed by atoms with van der Waals surface area (Å²) in [5, 5.41) is 7.16. The van der Waals surface area contributed by atoms with Gasteiger partial charge in [-0.1, -0.05) is 13.0 Å². The van der Waals surface area contributed by atoms with E-state index in [1.54, 1.807) is 10.9 Å². The molecular formula is C16H19N5O. The number of aromatic nitrogens is 4. The molecule has 0 spiro atoms. The maximum atomic E-state index is 12.4. The summed E-state index contributed by atoms with van der Waals surface area (Å²) < 4.78 is 1.77. The minimum absolute atomic E-state index is 0.0880. The number of hydrogen-bond donors (Lipinski definition) is 2. The molecule has 0 aliphatic rings. The summed E-state index contributed by atoms with van der Waals surface area (Å²) in [6.45, 7) is 4.04. The molecule has 0 saturated carbocycles. The van der Waals surface area contributed by atoms with Crippen LogP contribution >= 0.6 is 0 Å². The quantitative estimate of drug-likeness (QED) is 0.777. The molecule has 0 saturated heterocycles. The number of amides is 1. The highest BCUT2D eigenvalue weighted by atomic mass is 16.2. The minimum Gasteiger partial charge on any atom is -0.341 e. The van der Waals surface area contributed by atoms with Crippen molar-refractivity contribution in [3.8, 4) is 0 Å². The number of fused-ring (bicyclic) bond motifs is 1. The van der Waals surface area contributed by atoms with Crippen LogP contribution < -0.4 is 5.32 Å². The Bertz CT molecular complexity index is 817. The van der Waals surface area contributed by atoms with Gasteiger partial charge < -0.3 is 10.3 Å². The standard InChI is InChI=1S/C16H19N5O/c1-4-11(14-7-8-17-21(14)3)20-16(22)15-18-12-6-5-10(2)9-13(12)19-15/h5-9,11H,4H2,1-3H3,(H,18,19)(H,20,22)/t11-/m1/s1. The molecule has 114 valence electrons. The molecule has 0 fully saturated rings. The largest absolute Gasteiger partial charge is 0.341 e. The molecule has 2 aromatic heterocycles. The second-order valence-corrected chi connectivity index (χ2v) is 5.42. The van der Waals surface area contributed by atoms with Crippen molar-refractivity contribution < 1.29 is 4.79 Å². The first kappa shape index (κ1) is 14.3. The van der Waals surface area contributed by atoms with E-state index in [4.69, 9.17) is 0 Å². The Labute approximate surface area is 128 Å². The van der Waals surface area contributed by atoms with E-state index >= 15 is 0 Å². The van der Waals surface area contributed by atoms with E-state index in [9.17, 15) is 4.79 Å². The number of hydrogen-bond acceptors (Lipinski definition) is 3. The zero-order chi connectivity index (χ0) is 15.7. The van der Waals surface area contributed by atoms with Gasteiger partial charge in [0.05, 0.1) is 22.8 Å². The summed E-state index contributed by atoms with van der Waals surface area (Å²) in [6, 6.07) is 7.70. The second-order valence-electron chi connectivity index (χ2n) is 5.42. The fraction of sp³-hybridized carbons (Fsp3) is 0.312. The predicted molar refractivity (Wildman–Crippen MR) is 84.5 cm³/mol. The molecule has 3 aromatic rings. The lowest BCUT2D eigenvalue weighted by Gasteiger charge is -2.16. The summed E-state index contributed by atoms with van der Waals surface area (Å²) in [7, 11) is 1.87. The number of benzene rings is 1. The summed E-state index contributed by atoms with van der Waals surface area (Å²) in [4.78, 5) is 19.9. The Kier molecular flexibility index (Phi) is 3.66. The van der Waals surface area contributed by atoms with Gasteiger partial charge in [-0.2, -0.15) is 5.10 Å². The maximum Gasteiger partial charge on any atom is 0.287 e. The van der Waals surface area contributed by atoms with Gasteiger partial charge in [0, 0.05) is 13.2 Å². The zero-order valence-corrected chi connectivity index (χ0v) is 12.9. The average Bonchev–Trinajstić information content (AvgIpc) is 3.10. The Morgan fingerprint density at radius 1 is 1.41 bits per heavy atom. The van der Waals surface area contributed by atoms with Crippen LogP contribution in [0.4, 0.5) is 0 Å². The number of aromatic amines is 1. The van der Waals surface area contributed by atoms with Crippen molar-refractivity contribution in [2.75, 3.05) is 0 Å². The van der Waals surface area contributed by atoms with E-state index in [-0.39, 0.29) is 11.9 Å². The summed E-state index contributed by atoms with van der Waals surface area (Å²) in [6.07, 6.45) is 2.51. The van der Waals surface area contributed by atoms with Gasteiger partial charge >= 0.3 is 0 Å². The van der Waals surface area contributed by atoms with E-state index < -0.39 is 0 Å². The van der Waals surface area contributed by atoms with Gasteiger partial charge in [0.25, 0.3) is 5.91 Å². The SMILES string of the molecule is CC[C@@H](NC(=O)c1nc2ccc(C)cc2[nH]1)c1ccnn1C. The van der Waals surface area contributed by atoms with Crippen LogP contribution in [0.15, 0.2) is 30.5 Å². The first-order chi connectivity index (χ1) is 10.6. The normalized spacial score (nSPS) is 12.5. The maximum absolute atomic E-state index is 12.4. The molecule has 1 aromatic carbocycles. The lowest BCUT2D eigenvalue weighted by molar-refractivity contribution is 0.0924. The van der Waals surface area contributed by atoms with Crippen LogP contribution in [0.1, 0.15) is 41.3 Å². The van der Waals surface area contributed by atoms with Crippen LogP contribution in [0.25, 0.3) is 11.0 Å². The van der Waals surface area contributed by atoms with E-state index in [0.717, 1.165) is 28.7 Å². The molecule has 22 heavy (non-hydrogen) atoms. The molecule has 2 heterocycles. The number of H-pyrrole nitrogens is 1. The van der Waals surface area contributed by atoms with E-state index in [1.165, 1.54) is 0 Å². The van der Waals surface area contributed by atoms with Gasteiger partial charge in [-0.05, 0) is 37.1 Å². The number of nitrogens with one attached hydrogen (secondary N) is 2. The van der Waals surface area contributed by atoms with Crippen LogP contribution in [0.5, 0.6) is 0 Å². The summed E-state index contributed by atoms with van der Waals surface area (Å²) >= 11 is 0. The highest BCUT2D eigenvalue weighted by Gasteiger charge is 2.19. The Hall–Kier alpha value is -2.63. The molecule has 6 heteroatoms. The van der Waals surface area contributed by atoms with Crippen molar-refractivity contribution in [1.29, 1.82) is 0 Å². The number of imidazole rings is 1. The predicted octanol–water partition coefficient (Wildman–Crippen LogP) is 2.49. The van der Waals surface area contributed by atoms with Crippen molar-refractivity contribution in [3.63, 3.8) is 0 Å². The van der Waals surface area contributed by atoms with Gasteiger partial charge in [0.15, 0.2) is 5.82 Å². The molecule has 1 atom stereocenters. The molecular weight excluding hydrogens is 278 g/mol. The summed E-state index contributed by atoms with van der Waals surface area (Å²) in [5.41, 5.74) is 3.77. The van der Waals surface area contributed by atoms with E-state index in [0.29, 0.717) is 5.82 Å². The van der Waals surface area contributed by atoms with Crippen LogP contribution in [0.3, 0.4) is 0 Å². The average molecular weight is 297 g/mol. The number of aryl methyl sites for hydroxylation is 2. The van der Waals surface area contributed by atoms with Crippen molar-refractivity contribution in [2.24, 2.45) is 7.05 Å². The first-order valence-electron chi connectivity index (χ1n) is 7.33. The minimum atomic E-state index is -0.207.